The van der Waals surface area contributed by atoms with Crippen LogP contribution in [0.25, 0.3) is 0 Å². The summed E-state index contributed by atoms with van der Waals surface area (Å²) in [5.41, 5.74) is 0. The first-order chi connectivity index (χ1) is 10.4. The van der Waals surface area contributed by atoms with Crippen molar-refractivity contribution in [1.29, 1.82) is 0 Å². The SMILES string of the molecule is CC(=O)NCCN(CCOc1ccccc1Cl)C(C)C(=O)O. The molecule has 0 saturated heterocycles. The van der Waals surface area contributed by atoms with E-state index in [0.29, 0.717) is 37.0 Å². The zero-order valence-corrected chi connectivity index (χ0v) is 13.5. The molecule has 1 amide bonds. The van der Waals surface area contributed by atoms with Crippen molar-refractivity contribution in [1.82, 2.24) is 10.2 Å². The van der Waals surface area contributed by atoms with Gasteiger partial charge in [-0.2, -0.15) is 0 Å². The second-order valence-corrected chi connectivity index (χ2v) is 5.22. The van der Waals surface area contributed by atoms with Gasteiger partial charge in [0.25, 0.3) is 0 Å². The van der Waals surface area contributed by atoms with E-state index in [1.54, 1.807) is 30.0 Å². The average molecular weight is 329 g/mol. The van der Waals surface area contributed by atoms with Crippen molar-refractivity contribution in [2.45, 2.75) is 19.9 Å². The zero-order chi connectivity index (χ0) is 16.5. The highest BCUT2D eigenvalue weighted by molar-refractivity contribution is 6.32. The summed E-state index contributed by atoms with van der Waals surface area (Å²) in [5, 5.41) is 12.3. The molecule has 122 valence electrons. The van der Waals surface area contributed by atoms with Crippen molar-refractivity contribution in [3.8, 4) is 5.75 Å². The van der Waals surface area contributed by atoms with Crippen LogP contribution >= 0.6 is 11.6 Å². The Bertz CT molecular complexity index is 510. The quantitative estimate of drug-likeness (QED) is 0.720. The van der Waals surface area contributed by atoms with Crippen LogP contribution < -0.4 is 10.1 Å². The predicted octanol–water partition coefficient (Wildman–Crippen LogP) is 1.63. The number of rotatable bonds is 9. The molecule has 1 atom stereocenters. The minimum absolute atomic E-state index is 0.143. The number of carboxylic acid groups (broad SMARTS) is 1. The standard InChI is InChI=1S/C15H21ClN2O4/c1-11(15(20)21)18(8-7-17-12(2)19)9-10-22-14-6-4-3-5-13(14)16/h3-6,11H,7-10H2,1-2H3,(H,17,19)(H,20,21). The normalized spacial score (nSPS) is 12.0. The number of hydrogen-bond acceptors (Lipinski definition) is 4. The number of hydrogen-bond donors (Lipinski definition) is 2. The number of benzene rings is 1. The van der Waals surface area contributed by atoms with Gasteiger partial charge in [0.2, 0.25) is 5.91 Å². The zero-order valence-electron chi connectivity index (χ0n) is 12.7. The van der Waals surface area contributed by atoms with Gasteiger partial charge in [-0.3, -0.25) is 14.5 Å². The Morgan fingerprint density at radius 2 is 2.05 bits per heavy atom. The van der Waals surface area contributed by atoms with Gasteiger partial charge in [-0.05, 0) is 19.1 Å². The summed E-state index contributed by atoms with van der Waals surface area (Å²) in [6.07, 6.45) is 0. The summed E-state index contributed by atoms with van der Waals surface area (Å²) in [6.45, 7) is 4.56. The first kappa shape index (κ1) is 18.3. The van der Waals surface area contributed by atoms with E-state index in [1.807, 2.05) is 6.07 Å². The molecule has 0 fully saturated rings. The Labute approximate surface area is 135 Å². The van der Waals surface area contributed by atoms with Gasteiger partial charge in [-0.25, -0.2) is 0 Å². The summed E-state index contributed by atoms with van der Waals surface area (Å²) < 4.78 is 5.57. The maximum absolute atomic E-state index is 11.1. The average Bonchev–Trinajstić information content (AvgIpc) is 2.46. The molecule has 2 N–H and O–H groups in total. The van der Waals surface area contributed by atoms with E-state index in [4.69, 9.17) is 21.4 Å². The minimum atomic E-state index is -0.916. The largest absolute Gasteiger partial charge is 0.491 e. The van der Waals surface area contributed by atoms with Crippen molar-refractivity contribution in [2.24, 2.45) is 0 Å². The smallest absolute Gasteiger partial charge is 0.320 e. The Hall–Kier alpha value is -1.79. The van der Waals surface area contributed by atoms with Gasteiger partial charge in [0, 0.05) is 26.6 Å². The summed E-state index contributed by atoms with van der Waals surface area (Å²) in [5.74, 6) is -0.496. The molecule has 0 spiro atoms. The summed E-state index contributed by atoms with van der Waals surface area (Å²) >= 11 is 5.99. The maximum Gasteiger partial charge on any atom is 0.320 e. The highest BCUT2D eigenvalue weighted by Gasteiger charge is 2.20. The van der Waals surface area contributed by atoms with E-state index in [-0.39, 0.29) is 5.91 Å². The number of aliphatic carboxylic acids is 1. The number of nitrogens with zero attached hydrogens (tertiary/aromatic N) is 1. The molecule has 22 heavy (non-hydrogen) atoms. The first-order valence-corrected chi connectivity index (χ1v) is 7.38. The van der Waals surface area contributed by atoms with E-state index in [0.717, 1.165) is 0 Å². The second kappa shape index (κ2) is 9.27. The lowest BCUT2D eigenvalue weighted by atomic mass is 10.3. The Morgan fingerprint density at radius 3 is 2.64 bits per heavy atom. The van der Waals surface area contributed by atoms with Crippen LogP contribution in [0.1, 0.15) is 13.8 Å². The Balaban J connectivity index is 2.51. The highest BCUT2D eigenvalue weighted by Crippen LogP contribution is 2.22. The molecule has 0 radical (unpaired) electrons. The number of ether oxygens (including phenoxy) is 1. The molecule has 1 rings (SSSR count). The van der Waals surface area contributed by atoms with Gasteiger partial charge in [-0.15, -0.1) is 0 Å². The van der Waals surface area contributed by atoms with Gasteiger partial charge in [0.05, 0.1) is 5.02 Å². The van der Waals surface area contributed by atoms with E-state index < -0.39 is 12.0 Å². The Kier molecular flexibility index (Phi) is 7.70. The van der Waals surface area contributed by atoms with E-state index in [9.17, 15) is 9.59 Å². The summed E-state index contributed by atoms with van der Waals surface area (Å²) in [7, 11) is 0. The number of halogens is 1. The van der Waals surface area contributed by atoms with Crippen molar-refractivity contribution >= 4 is 23.5 Å². The molecule has 0 aliphatic carbocycles. The lowest BCUT2D eigenvalue weighted by Gasteiger charge is -2.26. The van der Waals surface area contributed by atoms with E-state index in [1.165, 1.54) is 6.92 Å². The number of carboxylic acids is 1. The molecule has 1 aromatic carbocycles. The van der Waals surface area contributed by atoms with Gasteiger partial charge in [0.15, 0.2) is 0 Å². The number of para-hydroxylation sites is 1. The maximum atomic E-state index is 11.1. The van der Waals surface area contributed by atoms with Crippen LogP contribution in [0.15, 0.2) is 24.3 Å². The van der Waals surface area contributed by atoms with Gasteiger partial charge >= 0.3 is 5.97 Å². The first-order valence-electron chi connectivity index (χ1n) is 7.00. The molecule has 1 unspecified atom stereocenters. The number of carbonyl (C=O) groups excluding carboxylic acids is 1. The van der Waals surface area contributed by atoms with Crippen molar-refractivity contribution in [3.63, 3.8) is 0 Å². The van der Waals surface area contributed by atoms with E-state index >= 15 is 0 Å². The third-order valence-electron chi connectivity index (χ3n) is 3.15. The molecule has 0 aliphatic heterocycles. The van der Waals surface area contributed by atoms with Crippen LogP contribution in [0.2, 0.25) is 5.02 Å². The molecular weight excluding hydrogens is 308 g/mol. The molecule has 7 heteroatoms. The van der Waals surface area contributed by atoms with Gasteiger partial charge in [0.1, 0.15) is 18.4 Å². The molecule has 0 aromatic heterocycles. The third-order valence-corrected chi connectivity index (χ3v) is 3.46. The molecule has 0 heterocycles. The third kappa shape index (κ3) is 6.32. The lowest BCUT2D eigenvalue weighted by molar-refractivity contribution is -0.142. The van der Waals surface area contributed by atoms with Crippen LogP contribution in [-0.2, 0) is 9.59 Å². The number of nitrogens with one attached hydrogen (secondary N) is 1. The van der Waals surface area contributed by atoms with Crippen LogP contribution in [0.5, 0.6) is 5.75 Å². The van der Waals surface area contributed by atoms with Crippen molar-refractivity contribution < 1.29 is 19.4 Å². The number of carbonyl (C=O) groups is 2. The van der Waals surface area contributed by atoms with Crippen LogP contribution in [0, 0.1) is 0 Å². The van der Waals surface area contributed by atoms with Gasteiger partial charge < -0.3 is 15.2 Å². The highest BCUT2D eigenvalue weighted by atomic mass is 35.5. The van der Waals surface area contributed by atoms with Crippen molar-refractivity contribution in [3.05, 3.63) is 29.3 Å². The number of amides is 1. The molecule has 0 aliphatic rings. The molecular formula is C15H21ClN2O4. The van der Waals surface area contributed by atoms with Crippen LogP contribution in [0.3, 0.4) is 0 Å². The van der Waals surface area contributed by atoms with Crippen LogP contribution in [0.4, 0.5) is 0 Å². The minimum Gasteiger partial charge on any atom is -0.491 e. The molecule has 0 bridgehead atoms. The second-order valence-electron chi connectivity index (χ2n) is 4.81. The van der Waals surface area contributed by atoms with Gasteiger partial charge in [-0.1, -0.05) is 23.7 Å². The predicted molar refractivity (Wildman–Crippen MR) is 84.3 cm³/mol. The topological polar surface area (TPSA) is 78.9 Å². The summed E-state index contributed by atoms with van der Waals surface area (Å²) in [6, 6.07) is 6.44. The van der Waals surface area contributed by atoms with Crippen LogP contribution in [-0.4, -0.2) is 54.2 Å². The fourth-order valence-electron chi connectivity index (χ4n) is 1.87. The fourth-order valence-corrected chi connectivity index (χ4v) is 2.06. The lowest BCUT2D eigenvalue weighted by Crippen LogP contribution is -2.45. The summed E-state index contributed by atoms with van der Waals surface area (Å²) in [4.78, 5) is 23.7. The molecule has 1 aromatic rings. The van der Waals surface area contributed by atoms with Crippen molar-refractivity contribution in [2.75, 3.05) is 26.2 Å². The molecule has 6 nitrogen and oxygen atoms in total. The monoisotopic (exact) mass is 328 g/mol. The van der Waals surface area contributed by atoms with E-state index in [2.05, 4.69) is 5.32 Å². The fraction of sp³-hybridized carbons (Fsp3) is 0.467. The Morgan fingerprint density at radius 1 is 1.36 bits per heavy atom. The molecule has 0 saturated carbocycles.